The van der Waals surface area contributed by atoms with Crippen LogP contribution in [0.3, 0.4) is 0 Å². The van der Waals surface area contributed by atoms with Crippen LogP contribution in [-0.2, 0) is 5.54 Å². The van der Waals surface area contributed by atoms with Crippen molar-refractivity contribution in [2.24, 2.45) is 0 Å². The van der Waals surface area contributed by atoms with Gasteiger partial charge in [-0.3, -0.25) is 10.1 Å². The second-order valence-electron chi connectivity index (χ2n) is 6.70. The number of pyridine rings is 1. The molecule has 0 spiro atoms. The van der Waals surface area contributed by atoms with Crippen LogP contribution in [-0.4, -0.2) is 19.6 Å². The molecule has 0 amide bonds. The first kappa shape index (κ1) is 16.5. The Morgan fingerprint density at radius 3 is 2.56 bits per heavy atom. The van der Waals surface area contributed by atoms with Gasteiger partial charge in [-0.1, -0.05) is 12.1 Å². The summed E-state index contributed by atoms with van der Waals surface area (Å²) < 4.78 is 1.81. The number of fused-ring (bicyclic) bond motifs is 1. The highest BCUT2D eigenvalue weighted by atomic mass is 16.6. The van der Waals surface area contributed by atoms with Gasteiger partial charge < -0.3 is 9.67 Å². The Morgan fingerprint density at radius 2 is 2.00 bits per heavy atom. The highest BCUT2D eigenvalue weighted by Gasteiger charge is 2.26. The summed E-state index contributed by atoms with van der Waals surface area (Å²) in [6, 6.07) is 9.76. The van der Waals surface area contributed by atoms with E-state index < -0.39 is 4.92 Å². The molecule has 7 nitrogen and oxygen atoms in total. The van der Waals surface area contributed by atoms with E-state index in [1.54, 1.807) is 24.4 Å². The predicted octanol–water partition coefficient (Wildman–Crippen LogP) is 3.94. The number of benzene rings is 1. The fourth-order valence-electron chi connectivity index (χ4n) is 2.75. The maximum atomic E-state index is 11.5. The number of nitro groups is 1. The third kappa shape index (κ3) is 2.68. The SMILES string of the molecule is CC(C)(C)n1cc(C#N)c2cc([N+](=O)[O-])c(-c3ccccc3O)nc21. The average Bonchev–Trinajstić information content (AvgIpc) is 2.92. The van der Waals surface area contributed by atoms with Crippen molar-refractivity contribution in [2.75, 3.05) is 0 Å². The molecule has 0 saturated heterocycles. The number of aromatic nitrogens is 2. The summed E-state index contributed by atoms with van der Waals surface area (Å²) in [7, 11) is 0. The van der Waals surface area contributed by atoms with Gasteiger partial charge in [0, 0.05) is 28.8 Å². The summed E-state index contributed by atoms with van der Waals surface area (Å²) in [6.45, 7) is 5.86. The van der Waals surface area contributed by atoms with Crippen LogP contribution >= 0.6 is 0 Å². The van der Waals surface area contributed by atoms with Crippen LogP contribution in [0.2, 0.25) is 0 Å². The molecule has 2 aromatic heterocycles. The molecule has 126 valence electrons. The van der Waals surface area contributed by atoms with Gasteiger partial charge in [0.15, 0.2) is 5.69 Å². The Hall–Kier alpha value is -3.40. The van der Waals surface area contributed by atoms with E-state index in [0.717, 1.165) is 0 Å². The standard InChI is InChI=1S/C18H16N4O3/c1-18(2,3)21-10-11(9-19)13-8-14(22(24)25)16(20-17(13)21)12-6-4-5-7-15(12)23/h4-8,10,23H,1-3H3. The van der Waals surface area contributed by atoms with Gasteiger partial charge in [0.05, 0.1) is 10.5 Å². The van der Waals surface area contributed by atoms with Crippen LogP contribution in [0.15, 0.2) is 36.5 Å². The number of nitriles is 1. The molecule has 0 bridgehead atoms. The van der Waals surface area contributed by atoms with Gasteiger partial charge in [0.2, 0.25) is 0 Å². The minimum atomic E-state index is -0.552. The first-order chi connectivity index (χ1) is 11.7. The van der Waals surface area contributed by atoms with Gasteiger partial charge in [0.1, 0.15) is 17.5 Å². The van der Waals surface area contributed by atoms with Crippen LogP contribution in [0.1, 0.15) is 26.3 Å². The van der Waals surface area contributed by atoms with Crippen LogP contribution in [0.4, 0.5) is 5.69 Å². The Morgan fingerprint density at radius 1 is 1.32 bits per heavy atom. The molecular weight excluding hydrogens is 320 g/mol. The molecule has 0 aliphatic carbocycles. The quantitative estimate of drug-likeness (QED) is 0.563. The Kier molecular flexibility index (Phi) is 3.68. The summed E-state index contributed by atoms with van der Waals surface area (Å²) in [6.07, 6.45) is 1.65. The van der Waals surface area contributed by atoms with Gasteiger partial charge >= 0.3 is 0 Å². The lowest BCUT2D eigenvalue weighted by molar-refractivity contribution is -0.384. The number of rotatable bonds is 2. The van der Waals surface area contributed by atoms with E-state index >= 15 is 0 Å². The molecule has 2 heterocycles. The van der Waals surface area contributed by atoms with Crippen LogP contribution in [0, 0.1) is 21.4 Å². The van der Waals surface area contributed by atoms with Crippen molar-refractivity contribution < 1.29 is 10.0 Å². The van der Waals surface area contributed by atoms with E-state index in [0.29, 0.717) is 16.6 Å². The summed E-state index contributed by atoms with van der Waals surface area (Å²) in [5, 5.41) is 31.4. The van der Waals surface area contributed by atoms with Crippen molar-refractivity contribution >= 4 is 16.7 Å². The maximum Gasteiger partial charge on any atom is 0.296 e. The van der Waals surface area contributed by atoms with E-state index in [1.807, 2.05) is 25.3 Å². The average molecular weight is 336 g/mol. The fourth-order valence-corrected chi connectivity index (χ4v) is 2.75. The zero-order chi connectivity index (χ0) is 18.4. The zero-order valence-electron chi connectivity index (χ0n) is 14.0. The lowest BCUT2D eigenvalue weighted by Gasteiger charge is -2.22. The van der Waals surface area contributed by atoms with Gasteiger partial charge in [-0.25, -0.2) is 4.98 Å². The molecule has 0 fully saturated rings. The van der Waals surface area contributed by atoms with Crippen LogP contribution in [0.25, 0.3) is 22.3 Å². The molecule has 0 atom stereocenters. The van der Waals surface area contributed by atoms with Gasteiger partial charge in [0.25, 0.3) is 5.69 Å². The molecule has 0 aliphatic rings. The van der Waals surface area contributed by atoms with Crippen molar-refractivity contribution in [2.45, 2.75) is 26.3 Å². The molecule has 3 rings (SSSR count). The molecule has 7 heteroatoms. The molecule has 25 heavy (non-hydrogen) atoms. The Balaban J connectivity index is 2.45. The highest BCUT2D eigenvalue weighted by molar-refractivity contribution is 5.90. The van der Waals surface area contributed by atoms with E-state index in [-0.39, 0.29) is 28.2 Å². The molecular formula is C18H16N4O3. The minimum absolute atomic E-state index is 0.0729. The lowest BCUT2D eigenvalue weighted by Crippen LogP contribution is -2.21. The maximum absolute atomic E-state index is 11.5. The van der Waals surface area contributed by atoms with E-state index in [9.17, 15) is 20.5 Å². The topological polar surface area (TPSA) is 105 Å². The summed E-state index contributed by atoms with van der Waals surface area (Å²) >= 11 is 0. The highest BCUT2D eigenvalue weighted by Crippen LogP contribution is 2.38. The molecule has 0 unspecified atom stereocenters. The number of nitrogens with zero attached hydrogens (tertiary/aromatic N) is 4. The number of aromatic hydroxyl groups is 1. The van der Waals surface area contributed by atoms with Crippen molar-refractivity contribution in [1.82, 2.24) is 9.55 Å². The first-order valence-electron chi connectivity index (χ1n) is 7.63. The van der Waals surface area contributed by atoms with Gasteiger partial charge in [-0.05, 0) is 32.9 Å². The van der Waals surface area contributed by atoms with Crippen molar-refractivity contribution in [3.8, 4) is 23.1 Å². The predicted molar refractivity (Wildman–Crippen MR) is 93.2 cm³/mol. The first-order valence-corrected chi connectivity index (χ1v) is 7.63. The fraction of sp³-hybridized carbons (Fsp3) is 0.222. The van der Waals surface area contributed by atoms with E-state index in [2.05, 4.69) is 11.1 Å². The monoisotopic (exact) mass is 336 g/mol. The smallest absolute Gasteiger partial charge is 0.296 e. The third-order valence-electron chi connectivity index (χ3n) is 3.96. The summed E-state index contributed by atoms with van der Waals surface area (Å²) in [5.41, 5.74) is 0.515. The number of hydrogen-bond donors (Lipinski definition) is 1. The molecule has 0 radical (unpaired) electrons. The normalized spacial score (nSPS) is 11.4. The third-order valence-corrected chi connectivity index (χ3v) is 3.96. The van der Waals surface area contributed by atoms with Gasteiger partial charge in [-0.15, -0.1) is 0 Å². The second-order valence-corrected chi connectivity index (χ2v) is 6.70. The van der Waals surface area contributed by atoms with Crippen LogP contribution in [0.5, 0.6) is 5.75 Å². The Bertz CT molecular complexity index is 1040. The van der Waals surface area contributed by atoms with E-state index in [4.69, 9.17) is 0 Å². The molecule has 3 aromatic rings. The molecule has 0 saturated carbocycles. The number of phenols is 1. The molecule has 0 aliphatic heterocycles. The molecule has 1 N–H and O–H groups in total. The zero-order valence-corrected chi connectivity index (χ0v) is 14.0. The van der Waals surface area contributed by atoms with Crippen molar-refractivity contribution in [3.05, 3.63) is 52.2 Å². The number of para-hydroxylation sites is 1. The largest absolute Gasteiger partial charge is 0.507 e. The van der Waals surface area contributed by atoms with E-state index in [1.165, 1.54) is 12.1 Å². The minimum Gasteiger partial charge on any atom is -0.507 e. The number of hydrogen-bond acceptors (Lipinski definition) is 5. The van der Waals surface area contributed by atoms with Gasteiger partial charge in [-0.2, -0.15) is 5.26 Å². The molecule has 1 aromatic carbocycles. The lowest BCUT2D eigenvalue weighted by atomic mass is 10.1. The van der Waals surface area contributed by atoms with Crippen molar-refractivity contribution in [3.63, 3.8) is 0 Å². The summed E-state index contributed by atoms with van der Waals surface area (Å²) in [4.78, 5) is 15.5. The summed E-state index contributed by atoms with van der Waals surface area (Å²) in [5.74, 6) is -0.0909. The van der Waals surface area contributed by atoms with Crippen molar-refractivity contribution in [1.29, 1.82) is 5.26 Å². The number of phenolic OH excluding ortho intramolecular Hbond substituents is 1. The Labute approximate surface area is 143 Å². The second kappa shape index (κ2) is 5.60. The van der Waals surface area contributed by atoms with Crippen LogP contribution < -0.4 is 0 Å².